The first kappa shape index (κ1) is 16.5. The second kappa shape index (κ2) is 6.92. The van der Waals surface area contributed by atoms with Crippen LogP contribution in [0, 0.1) is 0 Å². The largest absolute Gasteiger partial charge is 0.393 e. The zero-order valence-corrected chi connectivity index (χ0v) is 13.5. The lowest BCUT2D eigenvalue weighted by Crippen LogP contribution is -2.37. The molecular formula is C17H24N2O3. The van der Waals surface area contributed by atoms with Gasteiger partial charge >= 0.3 is 0 Å². The van der Waals surface area contributed by atoms with Crippen LogP contribution in [0.25, 0.3) is 0 Å². The van der Waals surface area contributed by atoms with Gasteiger partial charge in [0.1, 0.15) is 0 Å². The van der Waals surface area contributed by atoms with Crippen molar-refractivity contribution in [3.05, 3.63) is 35.4 Å². The number of benzene rings is 1. The van der Waals surface area contributed by atoms with Crippen molar-refractivity contribution < 1.29 is 14.7 Å². The molecule has 0 aromatic heterocycles. The first-order valence-electron chi connectivity index (χ1n) is 7.71. The molecule has 0 saturated carbocycles. The average Bonchev–Trinajstić information content (AvgIpc) is 2.93. The number of carbonyl (C=O) groups excluding carboxylic acids is 2. The highest BCUT2D eigenvalue weighted by atomic mass is 16.3. The number of rotatable bonds is 4. The molecule has 5 heteroatoms. The van der Waals surface area contributed by atoms with Gasteiger partial charge in [0.15, 0.2) is 0 Å². The highest BCUT2D eigenvalue weighted by molar-refractivity contribution is 5.99. The van der Waals surface area contributed by atoms with Crippen molar-refractivity contribution in [2.45, 2.75) is 38.3 Å². The molecule has 1 heterocycles. The number of nitrogens with zero attached hydrogens (tertiary/aromatic N) is 2. The zero-order valence-electron chi connectivity index (χ0n) is 13.5. The lowest BCUT2D eigenvalue weighted by atomic mass is 10.1. The predicted octanol–water partition coefficient (Wildman–Crippen LogP) is 1.76. The lowest BCUT2D eigenvalue weighted by Gasteiger charge is -2.26. The Hall–Kier alpha value is -1.88. The van der Waals surface area contributed by atoms with Crippen molar-refractivity contribution in [3.63, 3.8) is 0 Å². The third-order valence-electron chi connectivity index (χ3n) is 4.01. The van der Waals surface area contributed by atoms with Crippen LogP contribution >= 0.6 is 0 Å². The summed E-state index contributed by atoms with van der Waals surface area (Å²) < 4.78 is 0. The van der Waals surface area contributed by atoms with E-state index in [-0.39, 0.29) is 17.9 Å². The molecule has 1 N–H and O–H groups in total. The van der Waals surface area contributed by atoms with Crippen molar-refractivity contribution in [2.75, 3.05) is 20.6 Å². The number of aliphatic hydroxyl groups excluding tert-OH is 1. The lowest BCUT2D eigenvalue weighted by molar-refractivity contribution is 0.0682. The van der Waals surface area contributed by atoms with E-state index in [2.05, 4.69) is 0 Å². The quantitative estimate of drug-likeness (QED) is 0.922. The van der Waals surface area contributed by atoms with Crippen LogP contribution in [0.2, 0.25) is 0 Å². The molecule has 1 saturated heterocycles. The van der Waals surface area contributed by atoms with Crippen LogP contribution in [-0.2, 0) is 0 Å². The highest BCUT2D eigenvalue weighted by Gasteiger charge is 2.30. The Morgan fingerprint density at radius 2 is 2.05 bits per heavy atom. The first-order valence-corrected chi connectivity index (χ1v) is 7.71. The van der Waals surface area contributed by atoms with Gasteiger partial charge in [-0.15, -0.1) is 0 Å². The Morgan fingerprint density at radius 1 is 1.36 bits per heavy atom. The minimum absolute atomic E-state index is 0.0587. The predicted molar refractivity (Wildman–Crippen MR) is 84.8 cm³/mol. The summed E-state index contributed by atoms with van der Waals surface area (Å²) in [5.74, 6) is -0.173. The fraction of sp³-hybridized carbons (Fsp3) is 0.529. The molecule has 1 aliphatic heterocycles. The zero-order chi connectivity index (χ0) is 16.3. The van der Waals surface area contributed by atoms with Crippen LogP contribution < -0.4 is 0 Å². The molecule has 120 valence electrons. The Labute approximate surface area is 131 Å². The Morgan fingerprint density at radius 3 is 2.68 bits per heavy atom. The monoisotopic (exact) mass is 304 g/mol. The van der Waals surface area contributed by atoms with Crippen molar-refractivity contribution in [3.8, 4) is 0 Å². The molecule has 2 amide bonds. The smallest absolute Gasteiger partial charge is 0.254 e. The summed E-state index contributed by atoms with van der Waals surface area (Å²) in [4.78, 5) is 28.0. The maximum absolute atomic E-state index is 12.7. The second-order valence-electron chi connectivity index (χ2n) is 6.16. The molecule has 2 rings (SSSR count). The Balaban J connectivity index is 2.19. The molecule has 0 bridgehead atoms. The van der Waals surface area contributed by atoms with Gasteiger partial charge in [-0.2, -0.15) is 0 Å². The maximum atomic E-state index is 12.7. The number of likely N-dealkylation sites (tertiary alicyclic amines) is 1. The third-order valence-corrected chi connectivity index (χ3v) is 4.01. The van der Waals surface area contributed by atoms with Gasteiger partial charge in [-0.1, -0.05) is 6.07 Å². The van der Waals surface area contributed by atoms with E-state index >= 15 is 0 Å². The van der Waals surface area contributed by atoms with Gasteiger partial charge in [0.05, 0.1) is 6.10 Å². The van der Waals surface area contributed by atoms with Crippen LogP contribution in [0.4, 0.5) is 0 Å². The summed E-state index contributed by atoms with van der Waals surface area (Å²) in [5, 5.41) is 9.57. The van der Waals surface area contributed by atoms with Crippen LogP contribution in [0.1, 0.15) is 46.9 Å². The van der Waals surface area contributed by atoms with Gasteiger partial charge in [-0.25, -0.2) is 0 Å². The van der Waals surface area contributed by atoms with Gasteiger partial charge in [-0.05, 0) is 44.4 Å². The minimum atomic E-state index is -0.417. The number of carbonyl (C=O) groups is 2. The molecule has 0 spiro atoms. The molecule has 0 radical (unpaired) electrons. The molecular weight excluding hydrogens is 280 g/mol. The molecule has 1 aliphatic rings. The van der Waals surface area contributed by atoms with E-state index in [1.807, 2.05) is 4.90 Å². The Bertz CT molecular complexity index is 555. The van der Waals surface area contributed by atoms with Crippen LogP contribution in [-0.4, -0.2) is 59.5 Å². The normalized spacial score (nSPS) is 19.1. The first-order chi connectivity index (χ1) is 10.4. The summed E-state index contributed by atoms with van der Waals surface area (Å²) >= 11 is 0. The van der Waals surface area contributed by atoms with Crippen LogP contribution in [0.3, 0.4) is 0 Å². The van der Waals surface area contributed by atoms with Crippen molar-refractivity contribution in [1.29, 1.82) is 0 Å². The van der Waals surface area contributed by atoms with E-state index in [1.165, 1.54) is 4.90 Å². The van der Waals surface area contributed by atoms with Crippen molar-refractivity contribution in [1.82, 2.24) is 9.80 Å². The van der Waals surface area contributed by atoms with Gasteiger partial charge < -0.3 is 14.9 Å². The summed E-state index contributed by atoms with van der Waals surface area (Å²) in [5.41, 5.74) is 1.05. The van der Waals surface area contributed by atoms with E-state index in [0.717, 1.165) is 12.8 Å². The SMILES string of the molecule is CC(O)CC1CCCN1C(=O)c1cccc(C(=O)N(C)C)c1. The maximum Gasteiger partial charge on any atom is 0.254 e. The summed E-state index contributed by atoms with van der Waals surface area (Å²) in [6.45, 7) is 2.46. The summed E-state index contributed by atoms with van der Waals surface area (Å²) in [7, 11) is 3.38. The second-order valence-corrected chi connectivity index (χ2v) is 6.16. The van der Waals surface area contributed by atoms with E-state index in [0.29, 0.717) is 24.1 Å². The van der Waals surface area contributed by atoms with Gasteiger partial charge in [0, 0.05) is 37.8 Å². The summed E-state index contributed by atoms with van der Waals surface area (Å²) in [6.07, 6.45) is 2.06. The number of amides is 2. The molecule has 0 aliphatic carbocycles. The molecule has 2 unspecified atom stereocenters. The van der Waals surface area contributed by atoms with Crippen molar-refractivity contribution >= 4 is 11.8 Å². The fourth-order valence-corrected chi connectivity index (χ4v) is 2.95. The van der Waals surface area contributed by atoms with Crippen molar-refractivity contribution in [2.24, 2.45) is 0 Å². The van der Waals surface area contributed by atoms with Gasteiger partial charge in [-0.3, -0.25) is 9.59 Å². The number of hydrogen-bond donors (Lipinski definition) is 1. The average molecular weight is 304 g/mol. The minimum Gasteiger partial charge on any atom is -0.393 e. The number of hydrogen-bond acceptors (Lipinski definition) is 3. The standard InChI is InChI=1S/C17H24N2O3/c1-12(20)10-15-8-5-9-19(15)17(22)14-7-4-6-13(11-14)16(21)18(2)3/h4,6-7,11-12,15,20H,5,8-10H2,1-3H3. The number of aliphatic hydroxyl groups is 1. The molecule has 5 nitrogen and oxygen atoms in total. The van der Waals surface area contributed by atoms with Gasteiger partial charge in [0.2, 0.25) is 0 Å². The molecule has 22 heavy (non-hydrogen) atoms. The van der Waals surface area contributed by atoms with Crippen LogP contribution in [0.5, 0.6) is 0 Å². The molecule has 1 aromatic rings. The highest BCUT2D eigenvalue weighted by Crippen LogP contribution is 2.24. The molecule has 1 aromatic carbocycles. The molecule has 1 fully saturated rings. The topological polar surface area (TPSA) is 60.9 Å². The fourth-order valence-electron chi connectivity index (χ4n) is 2.95. The van der Waals surface area contributed by atoms with Gasteiger partial charge in [0.25, 0.3) is 11.8 Å². The van der Waals surface area contributed by atoms with Crippen LogP contribution in [0.15, 0.2) is 24.3 Å². The van der Waals surface area contributed by atoms with E-state index in [9.17, 15) is 14.7 Å². The van der Waals surface area contributed by atoms with E-state index in [4.69, 9.17) is 0 Å². The Kier molecular flexibility index (Phi) is 5.19. The summed E-state index contributed by atoms with van der Waals surface area (Å²) in [6, 6.07) is 6.94. The van der Waals surface area contributed by atoms with E-state index < -0.39 is 6.10 Å². The molecule has 2 atom stereocenters. The third kappa shape index (κ3) is 3.65. The van der Waals surface area contributed by atoms with E-state index in [1.54, 1.807) is 45.3 Å².